The van der Waals surface area contributed by atoms with Gasteiger partial charge in [-0.1, -0.05) is 0 Å². The van der Waals surface area contributed by atoms with Crippen LogP contribution in [-0.4, -0.2) is 48.3 Å². The minimum absolute atomic E-state index is 0.0827. The maximum atomic E-state index is 12.0. The molecule has 2 rings (SSSR count). The second-order valence-electron chi connectivity index (χ2n) is 6.05. The minimum atomic E-state index is -0.957. The van der Waals surface area contributed by atoms with Crippen molar-refractivity contribution in [1.82, 2.24) is 10.3 Å². The number of rotatable bonds is 3. The van der Waals surface area contributed by atoms with Gasteiger partial charge in [0.1, 0.15) is 11.3 Å². The number of nitrogens with zero attached hydrogens (tertiary/aromatic N) is 1. The number of hydrogen-bond acceptors (Lipinski definition) is 7. The molecule has 0 spiro atoms. The highest BCUT2D eigenvalue weighted by atomic mass is 16.6. The number of ether oxygens (including phenoxy) is 3. The molecule has 0 bridgehead atoms. The van der Waals surface area contributed by atoms with E-state index in [0.29, 0.717) is 0 Å². The number of nitrogens with one attached hydrogen (secondary N) is 2. The number of hydrogen-bond donors (Lipinski definition) is 2. The lowest BCUT2D eigenvalue weighted by Crippen LogP contribution is -2.46. The van der Waals surface area contributed by atoms with Gasteiger partial charge in [0, 0.05) is 6.20 Å². The molecule has 2 amide bonds. The van der Waals surface area contributed by atoms with Gasteiger partial charge in [0.2, 0.25) is 5.88 Å². The summed E-state index contributed by atoms with van der Waals surface area (Å²) in [4.78, 5) is 39.1. The molecule has 1 aliphatic heterocycles. The summed E-state index contributed by atoms with van der Waals surface area (Å²) in [5.41, 5.74) is -0.194. The van der Waals surface area contributed by atoms with Crippen LogP contribution in [0.15, 0.2) is 12.3 Å². The van der Waals surface area contributed by atoms with Crippen LogP contribution in [0, 0.1) is 0 Å². The molecular formula is C15H19N3O6. The third-order valence-corrected chi connectivity index (χ3v) is 2.91. The summed E-state index contributed by atoms with van der Waals surface area (Å²) < 4.78 is 15.1. The molecule has 0 fully saturated rings. The van der Waals surface area contributed by atoms with Crippen LogP contribution >= 0.6 is 0 Å². The number of esters is 1. The van der Waals surface area contributed by atoms with E-state index in [1.54, 1.807) is 20.8 Å². The number of carbonyl (C=O) groups excluding carboxylic acids is 3. The third kappa shape index (κ3) is 4.34. The van der Waals surface area contributed by atoms with E-state index < -0.39 is 29.7 Å². The monoisotopic (exact) mass is 337 g/mol. The number of anilines is 1. The van der Waals surface area contributed by atoms with Gasteiger partial charge in [-0.25, -0.2) is 14.6 Å². The molecule has 0 saturated carbocycles. The molecule has 2 heterocycles. The molecule has 1 aromatic heterocycles. The lowest BCUT2D eigenvalue weighted by molar-refractivity contribution is -0.123. The van der Waals surface area contributed by atoms with Gasteiger partial charge in [0.15, 0.2) is 6.10 Å². The largest absolute Gasteiger partial charge is 0.465 e. The van der Waals surface area contributed by atoms with Crippen LogP contribution < -0.4 is 15.4 Å². The molecular weight excluding hydrogens is 318 g/mol. The molecule has 9 nitrogen and oxygen atoms in total. The van der Waals surface area contributed by atoms with Gasteiger partial charge >= 0.3 is 12.1 Å². The Kier molecular flexibility index (Phi) is 4.91. The van der Waals surface area contributed by atoms with E-state index in [2.05, 4.69) is 20.4 Å². The predicted octanol–water partition coefficient (Wildman–Crippen LogP) is 1.09. The van der Waals surface area contributed by atoms with Crippen molar-refractivity contribution in [2.24, 2.45) is 0 Å². The molecule has 0 aliphatic carbocycles. The van der Waals surface area contributed by atoms with Crippen LogP contribution in [0.4, 0.5) is 10.5 Å². The third-order valence-electron chi connectivity index (χ3n) is 2.91. The Morgan fingerprint density at radius 1 is 1.42 bits per heavy atom. The number of pyridine rings is 1. The molecule has 0 radical (unpaired) electrons. The molecule has 130 valence electrons. The summed E-state index contributed by atoms with van der Waals surface area (Å²) >= 11 is 0. The highest BCUT2D eigenvalue weighted by molar-refractivity contribution is 5.99. The molecule has 1 aliphatic rings. The number of aromatic nitrogens is 1. The SMILES string of the molecule is COC(=O)c1cnc2c(c1)NC(=O)C(CNC(=O)OC(C)(C)C)O2. The summed E-state index contributed by atoms with van der Waals surface area (Å²) in [5.74, 6) is -0.895. The maximum absolute atomic E-state index is 12.0. The van der Waals surface area contributed by atoms with E-state index in [4.69, 9.17) is 9.47 Å². The van der Waals surface area contributed by atoms with Crippen LogP contribution in [0.2, 0.25) is 0 Å². The predicted molar refractivity (Wildman–Crippen MR) is 82.9 cm³/mol. The first-order valence-electron chi connectivity index (χ1n) is 7.22. The average molecular weight is 337 g/mol. The lowest BCUT2D eigenvalue weighted by Gasteiger charge is -2.26. The van der Waals surface area contributed by atoms with Crippen molar-refractivity contribution in [2.75, 3.05) is 19.0 Å². The number of alkyl carbamates (subject to hydrolysis) is 1. The summed E-state index contributed by atoms with van der Waals surface area (Å²) in [6.45, 7) is 5.11. The molecule has 0 saturated heterocycles. The molecule has 0 aromatic carbocycles. The fourth-order valence-electron chi connectivity index (χ4n) is 1.89. The number of fused-ring (bicyclic) bond motifs is 1. The van der Waals surface area contributed by atoms with Gasteiger partial charge in [-0.2, -0.15) is 0 Å². The summed E-state index contributed by atoms with van der Waals surface area (Å²) in [5, 5.41) is 5.03. The van der Waals surface area contributed by atoms with Crippen LogP contribution in [0.25, 0.3) is 0 Å². The minimum Gasteiger partial charge on any atom is -0.465 e. The quantitative estimate of drug-likeness (QED) is 0.793. The Bertz CT molecular complexity index is 668. The van der Waals surface area contributed by atoms with Gasteiger partial charge in [-0.05, 0) is 26.8 Å². The van der Waals surface area contributed by atoms with E-state index in [9.17, 15) is 14.4 Å². The molecule has 24 heavy (non-hydrogen) atoms. The molecule has 1 unspecified atom stereocenters. The lowest BCUT2D eigenvalue weighted by atomic mass is 10.2. The van der Waals surface area contributed by atoms with E-state index in [-0.39, 0.29) is 23.7 Å². The highest BCUT2D eigenvalue weighted by Gasteiger charge is 2.30. The fourth-order valence-corrected chi connectivity index (χ4v) is 1.89. The van der Waals surface area contributed by atoms with Crippen LogP contribution in [0.3, 0.4) is 0 Å². The number of carbonyl (C=O) groups is 3. The second-order valence-corrected chi connectivity index (χ2v) is 6.05. The van der Waals surface area contributed by atoms with E-state index in [1.165, 1.54) is 19.4 Å². The molecule has 9 heteroatoms. The molecule has 2 N–H and O–H groups in total. The van der Waals surface area contributed by atoms with Crippen molar-refractivity contribution in [3.63, 3.8) is 0 Å². The standard InChI is InChI=1S/C15H19N3O6/c1-15(2,3)24-14(21)17-7-10-11(19)18-9-5-8(13(20)22-4)6-16-12(9)23-10/h5-6,10H,7H2,1-4H3,(H,17,21)(H,18,19). The first-order valence-corrected chi connectivity index (χ1v) is 7.22. The topological polar surface area (TPSA) is 116 Å². The van der Waals surface area contributed by atoms with Gasteiger partial charge < -0.3 is 24.8 Å². The Morgan fingerprint density at radius 2 is 2.12 bits per heavy atom. The van der Waals surface area contributed by atoms with Crippen LogP contribution in [0.1, 0.15) is 31.1 Å². The van der Waals surface area contributed by atoms with Gasteiger partial charge in [-0.15, -0.1) is 0 Å². The van der Waals surface area contributed by atoms with E-state index >= 15 is 0 Å². The fraction of sp³-hybridized carbons (Fsp3) is 0.467. The zero-order chi connectivity index (χ0) is 17.9. The van der Waals surface area contributed by atoms with Gasteiger partial charge in [0.25, 0.3) is 5.91 Å². The van der Waals surface area contributed by atoms with Crippen molar-refractivity contribution in [3.05, 3.63) is 17.8 Å². The Morgan fingerprint density at radius 3 is 2.75 bits per heavy atom. The first kappa shape index (κ1) is 17.5. The summed E-state index contributed by atoms with van der Waals surface area (Å²) in [6, 6.07) is 1.41. The summed E-state index contributed by atoms with van der Waals surface area (Å²) in [7, 11) is 1.25. The first-order chi connectivity index (χ1) is 11.2. The molecule has 1 atom stereocenters. The van der Waals surface area contributed by atoms with Crippen LogP contribution in [-0.2, 0) is 14.3 Å². The van der Waals surface area contributed by atoms with Gasteiger partial charge in [-0.3, -0.25) is 4.79 Å². The van der Waals surface area contributed by atoms with Crippen molar-refractivity contribution < 1.29 is 28.6 Å². The van der Waals surface area contributed by atoms with Crippen molar-refractivity contribution in [2.45, 2.75) is 32.5 Å². The van der Waals surface area contributed by atoms with Crippen molar-refractivity contribution in [3.8, 4) is 5.88 Å². The van der Waals surface area contributed by atoms with Crippen LogP contribution in [0.5, 0.6) is 5.88 Å². The highest BCUT2D eigenvalue weighted by Crippen LogP contribution is 2.27. The maximum Gasteiger partial charge on any atom is 0.407 e. The molecule has 1 aromatic rings. The Hall–Kier alpha value is -2.84. The van der Waals surface area contributed by atoms with Crippen molar-refractivity contribution in [1.29, 1.82) is 0 Å². The van der Waals surface area contributed by atoms with E-state index in [1.807, 2.05) is 0 Å². The summed E-state index contributed by atoms with van der Waals surface area (Å²) in [6.07, 6.45) is -0.333. The zero-order valence-electron chi connectivity index (χ0n) is 13.8. The zero-order valence-corrected chi connectivity index (χ0v) is 13.8. The smallest absolute Gasteiger partial charge is 0.407 e. The number of amides is 2. The Balaban J connectivity index is 2.01. The normalized spacial score (nSPS) is 16.3. The number of methoxy groups -OCH3 is 1. The van der Waals surface area contributed by atoms with Gasteiger partial charge in [0.05, 0.1) is 19.2 Å². The second kappa shape index (κ2) is 6.73. The van der Waals surface area contributed by atoms with Crippen molar-refractivity contribution >= 4 is 23.7 Å². The Labute approximate surface area is 138 Å². The average Bonchev–Trinajstić information content (AvgIpc) is 2.49. The van der Waals surface area contributed by atoms with E-state index in [0.717, 1.165) is 0 Å².